The van der Waals surface area contributed by atoms with Crippen molar-refractivity contribution in [3.05, 3.63) is 65.8 Å². The van der Waals surface area contributed by atoms with Crippen molar-refractivity contribution in [2.24, 2.45) is 0 Å². The molecule has 0 atom stereocenters. The number of carbonyl (C=O) groups excluding carboxylic acids is 2. The van der Waals surface area contributed by atoms with E-state index in [0.717, 1.165) is 11.3 Å². The lowest BCUT2D eigenvalue weighted by Crippen LogP contribution is -2.42. The number of methoxy groups -OCH3 is 1. The molecule has 0 spiro atoms. The number of benzene rings is 2. The molecule has 3 aromatic rings. The molecule has 29 heavy (non-hydrogen) atoms. The maximum Gasteiger partial charge on any atom is 0.242 e. The van der Waals surface area contributed by atoms with Crippen LogP contribution in [0.4, 0.5) is 4.39 Å². The Morgan fingerprint density at radius 2 is 1.72 bits per heavy atom. The molecule has 0 bridgehead atoms. The molecule has 2 aromatic carbocycles. The second-order valence-corrected chi connectivity index (χ2v) is 6.14. The first kappa shape index (κ1) is 20.0. The molecule has 1 aromatic heterocycles. The summed E-state index contributed by atoms with van der Waals surface area (Å²) in [5.41, 5.74) is 6.03. The minimum Gasteiger partial charge on any atom is -0.497 e. The van der Waals surface area contributed by atoms with Gasteiger partial charge in [-0.1, -0.05) is 17.3 Å². The smallest absolute Gasteiger partial charge is 0.242 e. The second-order valence-electron chi connectivity index (χ2n) is 6.14. The van der Waals surface area contributed by atoms with E-state index >= 15 is 0 Å². The van der Waals surface area contributed by atoms with E-state index in [4.69, 9.17) is 9.26 Å². The van der Waals surface area contributed by atoms with Gasteiger partial charge in [0, 0.05) is 18.4 Å². The Bertz CT molecular complexity index is 971. The molecule has 0 unspecified atom stereocenters. The molecule has 0 saturated heterocycles. The Labute approximate surface area is 166 Å². The lowest BCUT2D eigenvalue weighted by atomic mass is 10.1. The summed E-state index contributed by atoms with van der Waals surface area (Å²) in [5.74, 6) is 0.250. The number of nitrogens with one attached hydrogen (secondary N) is 2. The van der Waals surface area contributed by atoms with Crippen molar-refractivity contribution in [3.8, 4) is 17.1 Å². The molecule has 0 aliphatic heterocycles. The number of amides is 2. The number of rotatable bonds is 7. The molecule has 0 fully saturated rings. The van der Waals surface area contributed by atoms with Gasteiger partial charge in [0.1, 0.15) is 11.6 Å². The SMILES string of the molecule is COc1ccc(-c2noc(CCC(=O)NNC(=O)Cc3ccc(F)cc3)n2)cc1. The number of aryl methyl sites for hydroxylation is 1. The molecule has 0 saturated carbocycles. The van der Waals surface area contributed by atoms with E-state index < -0.39 is 11.8 Å². The van der Waals surface area contributed by atoms with Crippen LogP contribution in [0.3, 0.4) is 0 Å². The highest BCUT2D eigenvalue weighted by Crippen LogP contribution is 2.19. The average molecular weight is 398 g/mol. The number of ether oxygens (including phenoxy) is 1. The lowest BCUT2D eigenvalue weighted by molar-refractivity contribution is -0.128. The van der Waals surface area contributed by atoms with Crippen molar-refractivity contribution in [1.82, 2.24) is 21.0 Å². The quantitative estimate of drug-likeness (QED) is 0.591. The predicted octanol–water partition coefficient (Wildman–Crippen LogP) is 2.21. The Morgan fingerprint density at radius 3 is 2.41 bits per heavy atom. The first-order valence-electron chi connectivity index (χ1n) is 8.82. The van der Waals surface area contributed by atoms with Crippen LogP contribution in [0.2, 0.25) is 0 Å². The number of carbonyl (C=O) groups is 2. The van der Waals surface area contributed by atoms with Gasteiger partial charge in [0.05, 0.1) is 13.5 Å². The second kappa shape index (κ2) is 9.45. The van der Waals surface area contributed by atoms with E-state index in [2.05, 4.69) is 21.0 Å². The standard InChI is InChI=1S/C20H19FN4O4/c1-28-16-8-4-14(5-9-16)20-22-19(29-25-20)11-10-17(26)23-24-18(27)12-13-2-6-15(21)7-3-13/h2-9H,10-12H2,1H3,(H,23,26)(H,24,27). The number of hydrogen-bond acceptors (Lipinski definition) is 6. The number of aromatic nitrogens is 2. The number of hydrazine groups is 1. The normalized spacial score (nSPS) is 10.4. The molecule has 8 nitrogen and oxygen atoms in total. The van der Waals surface area contributed by atoms with E-state index in [1.54, 1.807) is 31.4 Å². The highest BCUT2D eigenvalue weighted by Gasteiger charge is 2.12. The third-order valence-corrected chi connectivity index (χ3v) is 4.00. The van der Waals surface area contributed by atoms with Crippen LogP contribution in [0.15, 0.2) is 53.1 Å². The summed E-state index contributed by atoms with van der Waals surface area (Å²) in [6, 6.07) is 12.7. The van der Waals surface area contributed by atoms with Crippen molar-refractivity contribution in [1.29, 1.82) is 0 Å². The fourth-order valence-electron chi connectivity index (χ4n) is 2.47. The number of nitrogens with zero attached hydrogens (tertiary/aromatic N) is 2. The van der Waals surface area contributed by atoms with Gasteiger partial charge in [0.15, 0.2) is 0 Å². The first-order valence-corrected chi connectivity index (χ1v) is 8.82. The molecule has 0 aliphatic carbocycles. The molecule has 3 rings (SSSR count). The maximum atomic E-state index is 12.9. The monoisotopic (exact) mass is 398 g/mol. The first-order chi connectivity index (χ1) is 14.0. The fourth-order valence-corrected chi connectivity index (χ4v) is 2.47. The van der Waals surface area contributed by atoms with Crippen LogP contribution in [0, 0.1) is 5.82 Å². The average Bonchev–Trinajstić information content (AvgIpc) is 3.21. The summed E-state index contributed by atoms with van der Waals surface area (Å²) in [6.07, 6.45) is 0.305. The van der Waals surface area contributed by atoms with Crippen LogP contribution in [0.1, 0.15) is 17.9 Å². The Kier molecular flexibility index (Phi) is 6.51. The molecule has 1 heterocycles. The van der Waals surface area contributed by atoms with E-state index in [9.17, 15) is 14.0 Å². The zero-order chi connectivity index (χ0) is 20.6. The molecule has 0 aliphatic rings. The summed E-state index contributed by atoms with van der Waals surface area (Å²) in [5, 5.41) is 3.89. The van der Waals surface area contributed by atoms with Crippen LogP contribution in [0.25, 0.3) is 11.4 Å². The predicted molar refractivity (Wildman–Crippen MR) is 101 cm³/mol. The van der Waals surface area contributed by atoms with Gasteiger partial charge in [-0.2, -0.15) is 4.98 Å². The van der Waals surface area contributed by atoms with E-state index in [1.807, 2.05) is 0 Å². The minimum absolute atomic E-state index is 0.0233. The van der Waals surface area contributed by atoms with Crippen molar-refractivity contribution in [3.63, 3.8) is 0 Å². The lowest BCUT2D eigenvalue weighted by Gasteiger charge is -2.06. The maximum absolute atomic E-state index is 12.9. The Balaban J connectivity index is 1.42. The topological polar surface area (TPSA) is 106 Å². The minimum atomic E-state index is -0.412. The molecule has 9 heteroatoms. The number of halogens is 1. The van der Waals surface area contributed by atoms with Crippen molar-refractivity contribution >= 4 is 11.8 Å². The summed E-state index contributed by atoms with van der Waals surface area (Å²) in [6.45, 7) is 0. The third kappa shape index (κ3) is 5.86. The molecule has 150 valence electrons. The van der Waals surface area contributed by atoms with Crippen molar-refractivity contribution in [2.75, 3.05) is 7.11 Å². The van der Waals surface area contributed by atoms with Crippen LogP contribution >= 0.6 is 0 Å². The van der Waals surface area contributed by atoms with Gasteiger partial charge in [-0.3, -0.25) is 20.4 Å². The Hall–Kier alpha value is -3.75. The van der Waals surface area contributed by atoms with Crippen molar-refractivity contribution < 1.29 is 23.2 Å². The molecule has 2 N–H and O–H groups in total. The zero-order valence-corrected chi connectivity index (χ0v) is 15.6. The largest absolute Gasteiger partial charge is 0.497 e. The van der Waals surface area contributed by atoms with Gasteiger partial charge < -0.3 is 9.26 Å². The van der Waals surface area contributed by atoms with E-state index in [-0.39, 0.29) is 25.1 Å². The van der Waals surface area contributed by atoms with Crippen molar-refractivity contribution in [2.45, 2.75) is 19.3 Å². The van der Waals surface area contributed by atoms with E-state index in [1.165, 1.54) is 24.3 Å². The van der Waals surface area contributed by atoms with Gasteiger partial charge in [0.25, 0.3) is 0 Å². The highest BCUT2D eigenvalue weighted by molar-refractivity contribution is 5.83. The highest BCUT2D eigenvalue weighted by atomic mass is 19.1. The fraction of sp³-hybridized carbons (Fsp3) is 0.200. The van der Waals surface area contributed by atoms with Gasteiger partial charge >= 0.3 is 0 Å². The van der Waals surface area contributed by atoms with Crippen LogP contribution in [-0.4, -0.2) is 29.1 Å². The molecule has 2 amide bonds. The van der Waals surface area contributed by atoms with Gasteiger partial charge in [-0.25, -0.2) is 4.39 Å². The van der Waals surface area contributed by atoms with Crippen LogP contribution < -0.4 is 15.6 Å². The number of hydrogen-bond donors (Lipinski definition) is 2. The Morgan fingerprint density at radius 1 is 1.03 bits per heavy atom. The van der Waals surface area contributed by atoms with E-state index in [0.29, 0.717) is 17.3 Å². The summed E-state index contributed by atoms with van der Waals surface area (Å²) in [4.78, 5) is 27.9. The molecular formula is C20H19FN4O4. The van der Waals surface area contributed by atoms with Gasteiger partial charge in [-0.05, 0) is 42.0 Å². The summed E-state index contributed by atoms with van der Waals surface area (Å²) < 4.78 is 23.1. The van der Waals surface area contributed by atoms with Crippen LogP contribution in [-0.2, 0) is 22.4 Å². The third-order valence-electron chi connectivity index (χ3n) is 4.00. The van der Waals surface area contributed by atoms with Gasteiger partial charge in [-0.15, -0.1) is 0 Å². The summed E-state index contributed by atoms with van der Waals surface area (Å²) >= 11 is 0. The van der Waals surface area contributed by atoms with Gasteiger partial charge in [0.2, 0.25) is 23.5 Å². The molecule has 0 radical (unpaired) electrons. The zero-order valence-electron chi connectivity index (χ0n) is 15.6. The molecular weight excluding hydrogens is 379 g/mol. The van der Waals surface area contributed by atoms with Crippen LogP contribution in [0.5, 0.6) is 5.75 Å². The summed E-state index contributed by atoms with van der Waals surface area (Å²) in [7, 11) is 1.58.